The maximum Gasteiger partial charge on any atom is 0.307 e. The Morgan fingerprint density at radius 2 is 2.00 bits per heavy atom. The van der Waals surface area contributed by atoms with Crippen LogP contribution in [0.3, 0.4) is 0 Å². The molecule has 1 aliphatic rings. The molecule has 0 aromatic carbocycles. The van der Waals surface area contributed by atoms with Gasteiger partial charge in [0.1, 0.15) is 0 Å². The van der Waals surface area contributed by atoms with E-state index in [-0.39, 0.29) is 24.2 Å². The van der Waals surface area contributed by atoms with E-state index >= 15 is 0 Å². The minimum atomic E-state index is -0.282. The van der Waals surface area contributed by atoms with Gasteiger partial charge in [0.05, 0.1) is 18.9 Å². The molecule has 82 valence electrons. The van der Waals surface area contributed by atoms with Gasteiger partial charge in [-0.25, -0.2) is 0 Å². The average molecular weight is 209 g/mol. The number of esters is 1. The Hall–Kier alpha value is -1.58. The number of hydrogen-bond donors (Lipinski definition) is 1. The van der Waals surface area contributed by atoms with E-state index in [2.05, 4.69) is 5.32 Å². The van der Waals surface area contributed by atoms with Crippen LogP contribution in [0.2, 0.25) is 0 Å². The highest BCUT2D eigenvalue weighted by atomic mass is 16.5. The fraction of sp³-hybridized carbons (Fsp3) is 0.455. The van der Waals surface area contributed by atoms with E-state index in [0.717, 1.165) is 0 Å². The molecule has 1 aliphatic carbocycles. The van der Waals surface area contributed by atoms with E-state index in [0.29, 0.717) is 13.2 Å². The van der Waals surface area contributed by atoms with E-state index in [4.69, 9.17) is 4.74 Å². The van der Waals surface area contributed by atoms with Gasteiger partial charge in [0.15, 0.2) is 0 Å². The van der Waals surface area contributed by atoms with Crippen molar-refractivity contribution in [1.29, 1.82) is 0 Å². The van der Waals surface area contributed by atoms with Crippen LogP contribution in [0.15, 0.2) is 24.3 Å². The summed E-state index contributed by atoms with van der Waals surface area (Å²) in [4.78, 5) is 22.4. The fourth-order valence-electron chi connectivity index (χ4n) is 1.25. The molecule has 1 amide bonds. The monoisotopic (exact) mass is 209 g/mol. The molecular formula is C11H15NO3. The van der Waals surface area contributed by atoms with Crippen LogP contribution in [0, 0.1) is 5.92 Å². The van der Waals surface area contributed by atoms with Gasteiger partial charge in [-0.1, -0.05) is 24.3 Å². The molecule has 0 radical (unpaired) electrons. The lowest BCUT2D eigenvalue weighted by atomic mass is 10.1. The standard InChI is InChI=1S/C11H15NO3/c1-2-15-10(13)7-8-12-11(14)9-5-3-4-6-9/h3-6,9H,2,7-8H2,1H3,(H,12,14). The Bertz CT molecular complexity index is 282. The Morgan fingerprint density at radius 1 is 1.33 bits per heavy atom. The molecule has 0 atom stereocenters. The zero-order valence-electron chi connectivity index (χ0n) is 8.73. The average Bonchev–Trinajstić information content (AvgIpc) is 2.70. The summed E-state index contributed by atoms with van der Waals surface area (Å²) in [6.07, 6.45) is 7.49. The van der Waals surface area contributed by atoms with Gasteiger partial charge < -0.3 is 10.1 Å². The number of carbonyl (C=O) groups excluding carboxylic acids is 2. The number of rotatable bonds is 5. The second-order valence-corrected chi connectivity index (χ2v) is 3.14. The van der Waals surface area contributed by atoms with Crippen LogP contribution in [-0.2, 0) is 14.3 Å². The van der Waals surface area contributed by atoms with Crippen LogP contribution < -0.4 is 5.32 Å². The van der Waals surface area contributed by atoms with Crippen LogP contribution in [0.4, 0.5) is 0 Å². The number of allylic oxidation sites excluding steroid dienone is 2. The molecule has 0 aliphatic heterocycles. The third-order valence-electron chi connectivity index (χ3n) is 1.98. The molecule has 0 spiro atoms. The minimum Gasteiger partial charge on any atom is -0.466 e. The van der Waals surface area contributed by atoms with Gasteiger partial charge in [0.25, 0.3) is 0 Å². The van der Waals surface area contributed by atoms with Gasteiger partial charge in [-0.15, -0.1) is 0 Å². The van der Waals surface area contributed by atoms with Gasteiger partial charge >= 0.3 is 5.97 Å². The predicted octanol–water partition coefficient (Wildman–Crippen LogP) is 0.798. The number of carbonyl (C=O) groups is 2. The summed E-state index contributed by atoms with van der Waals surface area (Å²) in [5.41, 5.74) is 0. The quantitative estimate of drug-likeness (QED) is 0.681. The molecular weight excluding hydrogens is 194 g/mol. The maximum atomic E-state index is 11.4. The van der Waals surface area contributed by atoms with Crippen molar-refractivity contribution >= 4 is 11.9 Å². The molecule has 1 N–H and O–H groups in total. The van der Waals surface area contributed by atoms with Crippen LogP contribution in [-0.4, -0.2) is 25.0 Å². The molecule has 1 rings (SSSR count). The van der Waals surface area contributed by atoms with Crippen LogP contribution in [0.1, 0.15) is 13.3 Å². The van der Waals surface area contributed by atoms with Gasteiger partial charge in [0.2, 0.25) is 5.91 Å². The Balaban J connectivity index is 2.14. The summed E-state index contributed by atoms with van der Waals surface area (Å²) in [6, 6.07) is 0. The second-order valence-electron chi connectivity index (χ2n) is 3.14. The van der Waals surface area contributed by atoms with Gasteiger partial charge in [0, 0.05) is 6.54 Å². The molecule has 0 fully saturated rings. The highest BCUT2D eigenvalue weighted by molar-refractivity contribution is 5.83. The first-order valence-corrected chi connectivity index (χ1v) is 5.02. The van der Waals surface area contributed by atoms with Crippen LogP contribution in [0.5, 0.6) is 0 Å². The van der Waals surface area contributed by atoms with E-state index in [1.807, 2.05) is 12.2 Å². The van der Waals surface area contributed by atoms with Crippen LogP contribution >= 0.6 is 0 Å². The molecule has 15 heavy (non-hydrogen) atoms. The Kier molecular flexibility index (Phi) is 4.60. The summed E-state index contributed by atoms with van der Waals surface area (Å²) >= 11 is 0. The third kappa shape index (κ3) is 3.97. The van der Waals surface area contributed by atoms with Crippen LogP contribution in [0.25, 0.3) is 0 Å². The molecule has 0 saturated carbocycles. The summed E-state index contributed by atoms with van der Waals surface area (Å²) in [5.74, 6) is -0.549. The molecule has 4 heteroatoms. The first kappa shape index (κ1) is 11.5. The summed E-state index contributed by atoms with van der Waals surface area (Å²) in [7, 11) is 0. The molecule has 0 saturated heterocycles. The van der Waals surface area contributed by atoms with Crippen molar-refractivity contribution in [3.05, 3.63) is 24.3 Å². The van der Waals surface area contributed by atoms with Crippen molar-refractivity contribution in [2.75, 3.05) is 13.2 Å². The fourth-order valence-corrected chi connectivity index (χ4v) is 1.25. The van der Waals surface area contributed by atoms with Gasteiger partial charge in [-0.2, -0.15) is 0 Å². The smallest absolute Gasteiger partial charge is 0.307 e. The Morgan fingerprint density at radius 3 is 2.60 bits per heavy atom. The van der Waals surface area contributed by atoms with Gasteiger partial charge in [-0.05, 0) is 6.92 Å². The highest BCUT2D eigenvalue weighted by Gasteiger charge is 2.13. The largest absolute Gasteiger partial charge is 0.466 e. The zero-order valence-corrected chi connectivity index (χ0v) is 8.73. The van der Waals surface area contributed by atoms with E-state index in [9.17, 15) is 9.59 Å². The molecule has 0 aromatic rings. The SMILES string of the molecule is CCOC(=O)CCNC(=O)C1C=CC=C1. The van der Waals surface area contributed by atoms with E-state index in [1.54, 1.807) is 19.1 Å². The lowest BCUT2D eigenvalue weighted by Crippen LogP contribution is -2.30. The zero-order chi connectivity index (χ0) is 11.1. The first-order valence-electron chi connectivity index (χ1n) is 5.02. The lowest BCUT2D eigenvalue weighted by Gasteiger charge is -2.07. The van der Waals surface area contributed by atoms with Crippen molar-refractivity contribution in [3.8, 4) is 0 Å². The Labute approximate surface area is 89.0 Å². The summed E-state index contributed by atoms with van der Waals surface area (Å²) in [6.45, 7) is 2.46. The summed E-state index contributed by atoms with van der Waals surface area (Å²) < 4.78 is 4.73. The normalized spacial score (nSPS) is 14.2. The van der Waals surface area contributed by atoms with E-state index in [1.165, 1.54) is 0 Å². The second kappa shape index (κ2) is 6.01. The van der Waals surface area contributed by atoms with Crippen molar-refractivity contribution in [2.45, 2.75) is 13.3 Å². The molecule has 4 nitrogen and oxygen atoms in total. The summed E-state index contributed by atoms with van der Waals surface area (Å²) in [5, 5.41) is 2.67. The lowest BCUT2D eigenvalue weighted by molar-refractivity contribution is -0.143. The number of nitrogens with one attached hydrogen (secondary N) is 1. The highest BCUT2D eigenvalue weighted by Crippen LogP contribution is 2.08. The third-order valence-corrected chi connectivity index (χ3v) is 1.98. The molecule has 0 unspecified atom stereocenters. The topological polar surface area (TPSA) is 55.4 Å². The number of ether oxygens (including phenoxy) is 1. The predicted molar refractivity (Wildman–Crippen MR) is 56.0 cm³/mol. The van der Waals surface area contributed by atoms with Crippen molar-refractivity contribution < 1.29 is 14.3 Å². The number of hydrogen-bond acceptors (Lipinski definition) is 3. The van der Waals surface area contributed by atoms with Gasteiger partial charge in [-0.3, -0.25) is 9.59 Å². The van der Waals surface area contributed by atoms with Crippen molar-refractivity contribution in [3.63, 3.8) is 0 Å². The number of amides is 1. The first-order chi connectivity index (χ1) is 7.24. The molecule has 0 heterocycles. The minimum absolute atomic E-state index is 0.0794. The van der Waals surface area contributed by atoms with Crippen molar-refractivity contribution in [1.82, 2.24) is 5.32 Å². The maximum absolute atomic E-state index is 11.4. The van der Waals surface area contributed by atoms with E-state index < -0.39 is 0 Å². The van der Waals surface area contributed by atoms with Crippen molar-refractivity contribution in [2.24, 2.45) is 5.92 Å². The molecule has 0 bridgehead atoms. The molecule has 0 aromatic heterocycles.